The zero-order valence-corrected chi connectivity index (χ0v) is 5.30. The lowest BCUT2D eigenvalue weighted by molar-refractivity contribution is -0.390. The Bertz CT molecular complexity index is 275. The lowest BCUT2D eigenvalue weighted by atomic mass is 10.6. The van der Waals surface area contributed by atoms with Crippen LogP contribution in [0.2, 0.25) is 0 Å². The maximum absolute atomic E-state index is 10.2. The molecule has 0 radical (unpaired) electrons. The monoisotopic (exact) mass is 156 g/mol. The fourth-order valence-corrected chi connectivity index (χ4v) is 0.682. The molecule has 6 heteroatoms. The van der Waals surface area contributed by atoms with Crippen molar-refractivity contribution < 1.29 is 14.8 Å². The van der Waals surface area contributed by atoms with Crippen LogP contribution in [0, 0.1) is 10.1 Å². The van der Waals surface area contributed by atoms with Gasteiger partial charge in [0.1, 0.15) is 6.20 Å². The topological polar surface area (TPSA) is 85.4 Å². The SMILES string of the molecule is O=C(O)n1cccc1[N+](=O)[O-]. The molecule has 1 rings (SSSR count). The first-order chi connectivity index (χ1) is 5.13. The van der Waals surface area contributed by atoms with Crippen molar-refractivity contribution in [1.82, 2.24) is 4.57 Å². The van der Waals surface area contributed by atoms with Gasteiger partial charge in [-0.05, 0) is 11.0 Å². The van der Waals surface area contributed by atoms with Gasteiger partial charge in [0.05, 0.1) is 0 Å². The summed E-state index contributed by atoms with van der Waals surface area (Å²) in [7, 11) is 0. The summed E-state index contributed by atoms with van der Waals surface area (Å²) in [6, 6.07) is 2.42. The van der Waals surface area contributed by atoms with Gasteiger partial charge in [-0.3, -0.25) is 0 Å². The number of nitro groups is 1. The van der Waals surface area contributed by atoms with E-state index in [-0.39, 0.29) is 0 Å². The van der Waals surface area contributed by atoms with E-state index in [0.717, 1.165) is 12.3 Å². The first-order valence-electron chi connectivity index (χ1n) is 2.68. The molecule has 0 bridgehead atoms. The largest absolute Gasteiger partial charge is 0.509 e. The van der Waals surface area contributed by atoms with Crippen LogP contribution < -0.4 is 0 Å². The molecule has 0 aliphatic carbocycles. The van der Waals surface area contributed by atoms with Gasteiger partial charge in [0.15, 0.2) is 0 Å². The Morgan fingerprint density at radius 3 is 2.73 bits per heavy atom. The van der Waals surface area contributed by atoms with Gasteiger partial charge < -0.3 is 15.2 Å². The van der Waals surface area contributed by atoms with Crippen LogP contribution in [0.5, 0.6) is 0 Å². The summed E-state index contributed by atoms with van der Waals surface area (Å²) in [5, 5.41) is 18.5. The van der Waals surface area contributed by atoms with Crippen molar-refractivity contribution in [3.63, 3.8) is 0 Å². The number of carboxylic acid groups (broad SMARTS) is 1. The van der Waals surface area contributed by atoms with Gasteiger partial charge in [-0.2, -0.15) is 4.79 Å². The smallest absolute Gasteiger partial charge is 0.446 e. The second-order valence-corrected chi connectivity index (χ2v) is 1.78. The van der Waals surface area contributed by atoms with Gasteiger partial charge in [-0.15, -0.1) is 4.57 Å². The van der Waals surface area contributed by atoms with Gasteiger partial charge in [0.2, 0.25) is 0 Å². The van der Waals surface area contributed by atoms with Crippen molar-refractivity contribution >= 4 is 11.9 Å². The normalized spacial score (nSPS) is 9.45. The van der Waals surface area contributed by atoms with E-state index in [1.807, 2.05) is 0 Å². The van der Waals surface area contributed by atoms with Gasteiger partial charge in [-0.25, -0.2) is 0 Å². The lowest BCUT2D eigenvalue weighted by Gasteiger charge is -1.92. The Balaban J connectivity index is 3.16. The summed E-state index contributed by atoms with van der Waals surface area (Å²) in [4.78, 5) is 19.6. The van der Waals surface area contributed by atoms with Crippen LogP contribution in [-0.2, 0) is 0 Å². The summed E-state index contributed by atoms with van der Waals surface area (Å²) >= 11 is 0. The van der Waals surface area contributed by atoms with Crippen LogP contribution in [0.25, 0.3) is 0 Å². The molecule has 0 aliphatic rings. The van der Waals surface area contributed by atoms with E-state index in [9.17, 15) is 14.9 Å². The van der Waals surface area contributed by atoms with Crippen LogP contribution in [0.3, 0.4) is 0 Å². The van der Waals surface area contributed by atoms with Crippen molar-refractivity contribution in [2.24, 2.45) is 0 Å². The molecule has 0 saturated heterocycles. The first-order valence-corrected chi connectivity index (χ1v) is 2.68. The Hall–Kier alpha value is -1.85. The van der Waals surface area contributed by atoms with E-state index in [0.29, 0.717) is 4.57 Å². The lowest BCUT2D eigenvalue weighted by Crippen LogP contribution is -2.09. The van der Waals surface area contributed by atoms with E-state index in [4.69, 9.17) is 5.11 Å². The van der Waals surface area contributed by atoms with Crippen LogP contribution >= 0.6 is 0 Å². The fraction of sp³-hybridized carbons (Fsp3) is 0. The van der Waals surface area contributed by atoms with Gasteiger partial charge >= 0.3 is 11.9 Å². The van der Waals surface area contributed by atoms with Crippen molar-refractivity contribution in [3.8, 4) is 0 Å². The number of nitrogens with zero attached hydrogens (tertiary/aromatic N) is 2. The molecule has 58 valence electrons. The Kier molecular flexibility index (Phi) is 1.59. The number of aromatic nitrogens is 1. The molecule has 0 spiro atoms. The number of rotatable bonds is 1. The standard InChI is InChI=1S/C5H4N2O4/c8-5(9)6-3-1-2-4(6)7(10)11/h1-3H,(H,8,9). The average molecular weight is 156 g/mol. The molecule has 1 aromatic rings. The molecule has 0 atom stereocenters. The number of hydrogen-bond acceptors (Lipinski definition) is 3. The van der Waals surface area contributed by atoms with Crippen molar-refractivity contribution in [3.05, 3.63) is 28.4 Å². The molecule has 0 amide bonds. The summed E-state index contributed by atoms with van der Waals surface area (Å²) < 4.78 is 0.542. The third-order valence-corrected chi connectivity index (χ3v) is 1.12. The average Bonchev–Trinajstić information content (AvgIpc) is 2.32. The zero-order chi connectivity index (χ0) is 8.43. The first kappa shape index (κ1) is 7.26. The van der Waals surface area contributed by atoms with Crippen molar-refractivity contribution in [1.29, 1.82) is 0 Å². The highest BCUT2D eigenvalue weighted by atomic mass is 16.6. The highest BCUT2D eigenvalue weighted by Gasteiger charge is 2.17. The molecular weight excluding hydrogens is 152 g/mol. The molecule has 1 heterocycles. The molecule has 0 fully saturated rings. The molecular formula is C5H4N2O4. The molecule has 0 saturated carbocycles. The third-order valence-electron chi connectivity index (χ3n) is 1.12. The fourth-order valence-electron chi connectivity index (χ4n) is 0.682. The van der Waals surface area contributed by atoms with Crippen LogP contribution in [0.1, 0.15) is 0 Å². The summed E-state index contributed by atoms with van der Waals surface area (Å²) in [6.07, 6.45) is -0.248. The third kappa shape index (κ3) is 1.18. The van der Waals surface area contributed by atoms with Crippen molar-refractivity contribution in [2.75, 3.05) is 0 Å². The second-order valence-electron chi connectivity index (χ2n) is 1.78. The van der Waals surface area contributed by atoms with E-state index in [1.54, 1.807) is 0 Å². The maximum Gasteiger partial charge on any atom is 0.509 e. The van der Waals surface area contributed by atoms with E-state index < -0.39 is 16.8 Å². The molecule has 0 aromatic carbocycles. The Morgan fingerprint density at radius 2 is 2.36 bits per heavy atom. The van der Waals surface area contributed by atoms with Crippen molar-refractivity contribution in [2.45, 2.75) is 0 Å². The van der Waals surface area contributed by atoms with E-state index in [2.05, 4.69) is 0 Å². The summed E-state index contributed by atoms with van der Waals surface area (Å²) in [6.45, 7) is 0. The van der Waals surface area contributed by atoms with E-state index in [1.165, 1.54) is 6.07 Å². The van der Waals surface area contributed by atoms with Gasteiger partial charge in [0.25, 0.3) is 0 Å². The molecule has 0 aliphatic heterocycles. The number of carbonyl (C=O) groups is 1. The minimum absolute atomic E-state index is 0.447. The molecule has 1 N–H and O–H groups in total. The van der Waals surface area contributed by atoms with Crippen LogP contribution in [0.4, 0.5) is 10.6 Å². The minimum atomic E-state index is -1.36. The molecule has 1 aromatic heterocycles. The predicted molar refractivity (Wildman–Crippen MR) is 34.5 cm³/mol. The van der Waals surface area contributed by atoms with Crippen LogP contribution in [0.15, 0.2) is 18.3 Å². The molecule has 0 unspecified atom stereocenters. The highest BCUT2D eigenvalue weighted by molar-refractivity contribution is 5.71. The maximum atomic E-state index is 10.2. The molecule has 11 heavy (non-hydrogen) atoms. The summed E-state index contributed by atoms with van der Waals surface area (Å²) in [5.41, 5.74) is 0. The highest BCUT2D eigenvalue weighted by Crippen LogP contribution is 2.10. The summed E-state index contributed by atoms with van der Waals surface area (Å²) in [5.74, 6) is -0.447. The molecule has 6 nitrogen and oxygen atoms in total. The quantitative estimate of drug-likeness (QED) is 0.483. The van der Waals surface area contributed by atoms with Crippen LogP contribution in [-0.4, -0.2) is 20.7 Å². The van der Waals surface area contributed by atoms with Gasteiger partial charge in [-0.1, -0.05) is 0 Å². The van der Waals surface area contributed by atoms with Gasteiger partial charge in [0, 0.05) is 6.07 Å². The second kappa shape index (κ2) is 2.41. The number of hydrogen-bond donors (Lipinski definition) is 1. The minimum Gasteiger partial charge on any atom is -0.446 e. The Morgan fingerprint density at radius 1 is 1.73 bits per heavy atom. The Labute approximate surface area is 60.8 Å². The predicted octanol–water partition coefficient (Wildman–Crippen LogP) is 0.922. The zero-order valence-electron chi connectivity index (χ0n) is 5.30. The van der Waals surface area contributed by atoms with E-state index >= 15 is 0 Å².